The van der Waals surface area contributed by atoms with Crippen molar-refractivity contribution in [3.05, 3.63) is 30.1 Å². The van der Waals surface area contributed by atoms with Gasteiger partial charge in [-0.25, -0.2) is 4.39 Å². The highest BCUT2D eigenvalue weighted by atomic mass is 127. The number of likely N-dealkylation sites (N-methyl/N-ethyl adjacent to an activating group) is 1. The van der Waals surface area contributed by atoms with Crippen LogP contribution in [0, 0.1) is 11.2 Å². The quantitative estimate of drug-likeness (QED) is 0.242. The third kappa shape index (κ3) is 7.26. The minimum Gasteiger partial charge on any atom is -0.489 e. The topological polar surface area (TPSA) is 46.1 Å². The Morgan fingerprint density at radius 1 is 1.31 bits per heavy atom. The smallest absolute Gasteiger partial charge is 0.193 e. The molecule has 0 atom stereocenters. The van der Waals surface area contributed by atoms with Crippen LogP contribution >= 0.6 is 24.0 Å². The summed E-state index contributed by atoms with van der Waals surface area (Å²) in [6, 6.07) is 6.45. The second kappa shape index (κ2) is 11.6. The monoisotopic (exact) mass is 479 g/mol. The summed E-state index contributed by atoms with van der Waals surface area (Å²) >= 11 is 0. The fraction of sp³-hybridized carbons (Fsp3) is 0.632. The third-order valence-corrected chi connectivity index (χ3v) is 4.65. The first-order chi connectivity index (χ1) is 12.1. The molecule has 1 aromatic carbocycles. The molecule has 0 spiro atoms. The van der Waals surface area contributed by atoms with E-state index in [0.29, 0.717) is 18.6 Å². The SMILES string of the molecule is CCOCCC1(CNC(=NC)N(C)CCOc2ccccc2F)CC1.I. The maximum absolute atomic E-state index is 13.5. The van der Waals surface area contributed by atoms with E-state index in [1.807, 2.05) is 18.9 Å². The molecule has 2 rings (SSSR count). The van der Waals surface area contributed by atoms with Crippen LogP contribution in [-0.2, 0) is 4.74 Å². The van der Waals surface area contributed by atoms with Gasteiger partial charge in [0.2, 0.25) is 0 Å². The molecule has 1 fully saturated rings. The molecule has 7 heteroatoms. The number of hydrogen-bond acceptors (Lipinski definition) is 3. The molecule has 1 aliphatic carbocycles. The van der Waals surface area contributed by atoms with E-state index in [4.69, 9.17) is 9.47 Å². The highest BCUT2D eigenvalue weighted by Crippen LogP contribution is 2.48. The van der Waals surface area contributed by atoms with Gasteiger partial charge in [0.1, 0.15) is 6.61 Å². The molecule has 0 unspecified atom stereocenters. The average molecular weight is 479 g/mol. The summed E-state index contributed by atoms with van der Waals surface area (Å²) in [7, 11) is 3.73. The van der Waals surface area contributed by atoms with Gasteiger partial charge in [-0.15, -0.1) is 24.0 Å². The van der Waals surface area contributed by atoms with E-state index in [1.54, 1.807) is 25.2 Å². The molecule has 0 saturated heterocycles. The molecule has 1 N–H and O–H groups in total. The lowest BCUT2D eigenvalue weighted by molar-refractivity contribution is 0.128. The molecule has 0 aromatic heterocycles. The Labute approximate surface area is 173 Å². The summed E-state index contributed by atoms with van der Waals surface area (Å²) in [4.78, 5) is 6.33. The van der Waals surface area contributed by atoms with Gasteiger partial charge in [-0.2, -0.15) is 0 Å². The number of nitrogens with zero attached hydrogens (tertiary/aromatic N) is 2. The summed E-state index contributed by atoms with van der Waals surface area (Å²) in [6.45, 7) is 5.55. The van der Waals surface area contributed by atoms with Gasteiger partial charge in [0.25, 0.3) is 0 Å². The molecule has 0 radical (unpaired) electrons. The molecule has 0 amide bonds. The van der Waals surface area contributed by atoms with E-state index in [1.165, 1.54) is 18.9 Å². The first-order valence-electron chi connectivity index (χ1n) is 8.97. The Kier molecular flexibility index (Phi) is 10.2. The van der Waals surface area contributed by atoms with Crippen molar-refractivity contribution in [3.8, 4) is 5.75 Å². The van der Waals surface area contributed by atoms with Gasteiger partial charge >= 0.3 is 0 Å². The zero-order chi connectivity index (χ0) is 18.1. The maximum Gasteiger partial charge on any atom is 0.193 e. The molecular weight excluding hydrogens is 448 g/mol. The first kappa shape index (κ1) is 23.0. The van der Waals surface area contributed by atoms with Crippen molar-refractivity contribution in [1.29, 1.82) is 0 Å². The van der Waals surface area contributed by atoms with Crippen molar-refractivity contribution in [2.45, 2.75) is 26.2 Å². The van der Waals surface area contributed by atoms with Crippen LogP contribution in [-0.4, -0.2) is 57.9 Å². The van der Waals surface area contributed by atoms with Crippen LogP contribution in [0.2, 0.25) is 0 Å². The molecule has 148 valence electrons. The van der Waals surface area contributed by atoms with Crippen LogP contribution in [0.5, 0.6) is 5.75 Å². The number of benzene rings is 1. The van der Waals surface area contributed by atoms with E-state index < -0.39 is 0 Å². The van der Waals surface area contributed by atoms with E-state index in [2.05, 4.69) is 10.3 Å². The Balaban J connectivity index is 0.00000338. The standard InChI is InChI=1S/C19H30FN3O2.HI/c1-4-24-13-11-19(9-10-19)15-22-18(21-2)23(3)12-14-25-17-8-6-5-7-16(17)20;/h5-8H,4,9-15H2,1-3H3,(H,21,22);1H. The molecular formula is C19H31FIN3O2. The highest BCUT2D eigenvalue weighted by Gasteiger charge is 2.42. The van der Waals surface area contributed by atoms with E-state index >= 15 is 0 Å². The lowest BCUT2D eigenvalue weighted by atomic mass is 10.0. The van der Waals surface area contributed by atoms with Gasteiger partial charge in [-0.05, 0) is 43.7 Å². The molecule has 0 aliphatic heterocycles. The van der Waals surface area contributed by atoms with Gasteiger partial charge < -0.3 is 19.7 Å². The summed E-state index contributed by atoms with van der Waals surface area (Å²) in [5.74, 6) is 0.782. The Morgan fingerprint density at radius 2 is 2.04 bits per heavy atom. The number of guanidine groups is 1. The highest BCUT2D eigenvalue weighted by molar-refractivity contribution is 14.0. The molecule has 1 saturated carbocycles. The van der Waals surface area contributed by atoms with Crippen LogP contribution in [0.15, 0.2) is 29.3 Å². The molecule has 26 heavy (non-hydrogen) atoms. The summed E-state index contributed by atoms with van der Waals surface area (Å²) in [5.41, 5.74) is 0.357. The Bertz CT molecular complexity index is 567. The maximum atomic E-state index is 13.5. The minimum absolute atomic E-state index is 0. The van der Waals surface area contributed by atoms with Crippen LogP contribution in [0.25, 0.3) is 0 Å². The van der Waals surface area contributed by atoms with Crippen LogP contribution in [0.1, 0.15) is 26.2 Å². The van der Waals surface area contributed by atoms with E-state index in [0.717, 1.165) is 32.1 Å². The molecule has 0 bridgehead atoms. The van der Waals surface area contributed by atoms with Gasteiger partial charge in [-0.1, -0.05) is 12.1 Å². The van der Waals surface area contributed by atoms with Gasteiger partial charge in [0.05, 0.1) is 6.54 Å². The predicted octanol–water partition coefficient (Wildman–Crippen LogP) is 3.54. The van der Waals surface area contributed by atoms with Crippen LogP contribution in [0.3, 0.4) is 0 Å². The van der Waals surface area contributed by atoms with Crippen molar-refractivity contribution in [1.82, 2.24) is 10.2 Å². The number of nitrogens with one attached hydrogen (secondary N) is 1. The summed E-state index contributed by atoms with van der Waals surface area (Å²) in [6.07, 6.45) is 3.57. The van der Waals surface area contributed by atoms with Crippen molar-refractivity contribution >= 4 is 29.9 Å². The Morgan fingerprint density at radius 3 is 2.65 bits per heavy atom. The number of aliphatic imine (C=N–C) groups is 1. The lowest BCUT2D eigenvalue weighted by Crippen LogP contribution is -2.43. The van der Waals surface area contributed by atoms with Crippen molar-refractivity contribution in [2.24, 2.45) is 10.4 Å². The number of ether oxygens (including phenoxy) is 2. The Hall–Kier alpha value is -1.09. The summed E-state index contributed by atoms with van der Waals surface area (Å²) in [5, 5.41) is 3.45. The average Bonchev–Trinajstić information content (AvgIpc) is 3.37. The van der Waals surface area contributed by atoms with Crippen molar-refractivity contribution in [2.75, 3.05) is 47.0 Å². The van der Waals surface area contributed by atoms with Crippen molar-refractivity contribution in [3.63, 3.8) is 0 Å². The lowest BCUT2D eigenvalue weighted by Gasteiger charge is -2.24. The first-order valence-corrected chi connectivity index (χ1v) is 8.97. The van der Waals surface area contributed by atoms with Crippen molar-refractivity contribution < 1.29 is 13.9 Å². The second-order valence-electron chi connectivity index (χ2n) is 6.55. The zero-order valence-corrected chi connectivity index (χ0v) is 18.3. The van der Waals surface area contributed by atoms with Gasteiger partial charge in [0, 0.05) is 33.9 Å². The normalized spacial score (nSPS) is 15.2. The van der Waals surface area contributed by atoms with Gasteiger partial charge in [-0.3, -0.25) is 4.99 Å². The van der Waals surface area contributed by atoms with Gasteiger partial charge in [0.15, 0.2) is 17.5 Å². The number of halogens is 2. The van der Waals surface area contributed by atoms with Crippen LogP contribution < -0.4 is 10.1 Å². The second-order valence-corrected chi connectivity index (χ2v) is 6.55. The third-order valence-electron chi connectivity index (χ3n) is 4.65. The molecule has 1 aromatic rings. The summed E-state index contributed by atoms with van der Waals surface area (Å²) < 4.78 is 24.5. The predicted molar refractivity (Wildman–Crippen MR) is 114 cm³/mol. The number of rotatable bonds is 10. The fourth-order valence-corrected chi connectivity index (χ4v) is 2.74. The largest absolute Gasteiger partial charge is 0.489 e. The fourth-order valence-electron chi connectivity index (χ4n) is 2.74. The van der Waals surface area contributed by atoms with E-state index in [-0.39, 0.29) is 35.5 Å². The zero-order valence-electron chi connectivity index (χ0n) is 16.0. The molecule has 1 aliphatic rings. The number of hydrogen-bond donors (Lipinski definition) is 1. The molecule has 5 nitrogen and oxygen atoms in total. The van der Waals surface area contributed by atoms with Crippen LogP contribution in [0.4, 0.5) is 4.39 Å². The molecule has 0 heterocycles. The van der Waals surface area contributed by atoms with E-state index in [9.17, 15) is 4.39 Å². The minimum atomic E-state index is -0.336. The number of para-hydroxylation sites is 1.